The molecule has 0 spiro atoms. The zero-order valence-electron chi connectivity index (χ0n) is 11.5. The van der Waals surface area contributed by atoms with Gasteiger partial charge in [0.05, 0.1) is 6.42 Å². The third kappa shape index (κ3) is 4.65. The predicted octanol–water partition coefficient (Wildman–Crippen LogP) is 1.45. The van der Waals surface area contributed by atoms with Crippen LogP contribution in [0.15, 0.2) is 24.3 Å². The molecule has 19 heavy (non-hydrogen) atoms. The van der Waals surface area contributed by atoms with Crippen molar-refractivity contribution in [3.63, 3.8) is 0 Å². The molecule has 1 fully saturated rings. The lowest BCUT2D eigenvalue weighted by Crippen LogP contribution is -2.28. The van der Waals surface area contributed by atoms with Gasteiger partial charge in [-0.2, -0.15) is 0 Å². The van der Waals surface area contributed by atoms with Gasteiger partial charge in [-0.15, -0.1) is 0 Å². The molecule has 0 amide bonds. The van der Waals surface area contributed by atoms with Crippen molar-refractivity contribution in [2.24, 2.45) is 0 Å². The zero-order valence-corrected chi connectivity index (χ0v) is 11.5. The number of hydrogen-bond acceptors (Lipinski definition) is 3. The number of carbonyl (C=O) groups is 1. The second-order valence-corrected chi connectivity index (χ2v) is 5.32. The van der Waals surface area contributed by atoms with E-state index in [4.69, 9.17) is 5.11 Å². The van der Waals surface area contributed by atoms with Crippen LogP contribution in [0.2, 0.25) is 0 Å². The third-order valence-electron chi connectivity index (χ3n) is 3.60. The number of carboxylic acids is 1. The SMILES string of the molecule is CN1CCCN(Cc2ccc(CC(=O)O)cc2)CC1. The summed E-state index contributed by atoms with van der Waals surface area (Å²) in [6, 6.07) is 7.94. The van der Waals surface area contributed by atoms with E-state index in [0.717, 1.165) is 31.7 Å². The highest BCUT2D eigenvalue weighted by Crippen LogP contribution is 2.10. The Morgan fingerprint density at radius 3 is 2.47 bits per heavy atom. The monoisotopic (exact) mass is 262 g/mol. The lowest BCUT2D eigenvalue weighted by atomic mass is 10.1. The van der Waals surface area contributed by atoms with Gasteiger partial charge in [-0.05, 0) is 37.7 Å². The van der Waals surface area contributed by atoms with Gasteiger partial charge in [0.1, 0.15) is 0 Å². The first kappa shape index (κ1) is 14.0. The Balaban J connectivity index is 1.90. The van der Waals surface area contributed by atoms with Crippen LogP contribution in [0.25, 0.3) is 0 Å². The fourth-order valence-corrected chi connectivity index (χ4v) is 2.45. The molecule has 1 aliphatic heterocycles. The van der Waals surface area contributed by atoms with Crippen molar-refractivity contribution in [1.29, 1.82) is 0 Å². The summed E-state index contributed by atoms with van der Waals surface area (Å²) in [7, 11) is 2.17. The van der Waals surface area contributed by atoms with E-state index >= 15 is 0 Å². The Bertz CT molecular complexity index is 417. The van der Waals surface area contributed by atoms with Crippen molar-refractivity contribution >= 4 is 5.97 Å². The maximum absolute atomic E-state index is 10.6. The summed E-state index contributed by atoms with van der Waals surface area (Å²) in [5.74, 6) is -0.775. The highest BCUT2D eigenvalue weighted by molar-refractivity contribution is 5.70. The number of aliphatic carboxylic acids is 1. The normalized spacial score (nSPS) is 18.2. The summed E-state index contributed by atoms with van der Waals surface area (Å²) in [6.07, 6.45) is 1.32. The van der Waals surface area contributed by atoms with Crippen LogP contribution in [0.3, 0.4) is 0 Å². The molecule has 1 N–H and O–H groups in total. The van der Waals surface area contributed by atoms with Crippen molar-refractivity contribution in [2.45, 2.75) is 19.4 Å². The predicted molar refractivity (Wildman–Crippen MR) is 75.2 cm³/mol. The lowest BCUT2D eigenvalue weighted by molar-refractivity contribution is -0.136. The van der Waals surface area contributed by atoms with Gasteiger partial charge in [-0.1, -0.05) is 24.3 Å². The van der Waals surface area contributed by atoms with Crippen LogP contribution in [0.5, 0.6) is 0 Å². The van der Waals surface area contributed by atoms with Crippen LogP contribution < -0.4 is 0 Å². The summed E-state index contributed by atoms with van der Waals surface area (Å²) in [5, 5.41) is 8.74. The van der Waals surface area contributed by atoms with Gasteiger partial charge in [0, 0.05) is 19.6 Å². The first-order valence-electron chi connectivity index (χ1n) is 6.84. The molecule has 1 saturated heterocycles. The molecule has 4 heteroatoms. The summed E-state index contributed by atoms with van der Waals surface area (Å²) < 4.78 is 0. The van der Waals surface area contributed by atoms with Crippen LogP contribution in [-0.4, -0.2) is 54.1 Å². The molecule has 0 unspecified atom stereocenters. The van der Waals surface area contributed by atoms with E-state index in [0.29, 0.717) is 0 Å². The molecule has 4 nitrogen and oxygen atoms in total. The first-order chi connectivity index (χ1) is 9.13. The maximum Gasteiger partial charge on any atom is 0.307 e. The maximum atomic E-state index is 10.6. The molecule has 1 aromatic carbocycles. The molecule has 0 radical (unpaired) electrons. The number of hydrogen-bond donors (Lipinski definition) is 1. The van der Waals surface area contributed by atoms with Gasteiger partial charge in [-0.25, -0.2) is 0 Å². The second kappa shape index (κ2) is 6.68. The largest absolute Gasteiger partial charge is 0.481 e. The molecule has 0 aliphatic carbocycles. The molecule has 0 aromatic heterocycles. The quantitative estimate of drug-likeness (QED) is 0.892. The van der Waals surface area contributed by atoms with Crippen molar-refractivity contribution < 1.29 is 9.90 Å². The number of nitrogens with zero attached hydrogens (tertiary/aromatic N) is 2. The average Bonchev–Trinajstić information content (AvgIpc) is 2.56. The van der Waals surface area contributed by atoms with Gasteiger partial charge in [-0.3, -0.25) is 9.69 Å². The van der Waals surface area contributed by atoms with E-state index < -0.39 is 5.97 Å². The van der Waals surface area contributed by atoms with Crippen LogP contribution in [-0.2, 0) is 17.8 Å². The molecule has 0 bridgehead atoms. The minimum absolute atomic E-state index is 0.106. The van der Waals surface area contributed by atoms with Crippen LogP contribution >= 0.6 is 0 Å². The summed E-state index contributed by atoms with van der Waals surface area (Å²) in [5.41, 5.74) is 2.13. The average molecular weight is 262 g/mol. The molecule has 1 aromatic rings. The van der Waals surface area contributed by atoms with E-state index in [9.17, 15) is 4.79 Å². The number of carboxylic acid groups (broad SMARTS) is 1. The Kier molecular flexibility index (Phi) is 4.93. The number of rotatable bonds is 4. The molecule has 1 aliphatic rings. The second-order valence-electron chi connectivity index (χ2n) is 5.32. The smallest absolute Gasteiger partial charge is 0.307 e. The molecule has 0 saturated carbocycles. The molecular formula is C15H22N2O2. The molecule has 1 heterocycles. The topological polar surface area (TPSA) is 43.8 Å². The third-order valence-corrected chi connectivity index (χ3v) is 3.60. The minimum Gasteiger partial charge on any atom is -0.481 e. The van der Waals surface area contributed by atoms with E-state index in [-0.39, 0.29) is 6.42 Å². The summed E-state index contributed by atoms with van der Waals surface area (Å²) >= 11 is 0. The van der Waals surface area contributed by atoms with Crippen molar-refractivity contribution in [1.82, 2.24) is 9.80 Å². The van der Waals surface area contributed by atoms with E-state index in [1.807, 2.05) is 24.3 Å². The number of likely N-dealkylation sites (N-methyl/N-ethyl adjacent to an activating group) is 1. The fraction of sp³-hybridized carbons (Fsp3) is 0.533. The molecule has 104 valence electrons. The minimum atomic E-state index is -0.775. The fourth-order valence-electron chi connectivity index (χ4n) is 2.45. The Morgan fingerprint density at radius 1 is 1.11 bits per heavy atom. The highest BCUT2D eigenvalue weighted by Gasteiger charge is 2.12. The van der Waals surface area contributed by atoms with Gasteiger partial charge >= 0.3 is 5.97 Å². The van der Waals surface area contributed by atoms with Crippen molar-refractivity contribution in [3.05, 3.63) is 35.4 Å². The summed E-state index contributed by atoms with van der Waals surface area (Å²) in [6.45, 7) is 5.50. The van der Waals surface area contributed by atoms with E-state index in [1.54, 1.807) is 0 Å². The summed E-state index contributed by atoms with van der Waals surface area (Å²) in [4.78, 5) is 15.5. The number of benzene rings is 1. The van der Waals surface area contributed by atoms with Crippen molar-refractivity contribution in [2.75, 3.05) is 33.2 Å². The van der Waals surface area contributed by atoms with Crippen LogP contribution in [0.1, 0.15) is 17.5 Å². The van der Waals surface area contributed by atoms with Crippen LogP contribution in [0, 0.1) is 0 Å². The standard InChI is InChI=1S/C15H22N2O2/c1-16-7-2-8-17(10-9-16)12-14-5-3-13(4-6-14)11-15(18)19/h3-6H,2,7-12H2,1H3,(H,18,19). The highest BCUT2D eigenvalue weighted by atomic mass is 16.4. The molecule has 0 atom stereocenters. The lowest BCUT2D eigenvalue weighted by Gasteiger charge is -2.20. The van der Waals surface area contributed by atoms with E-state index in [1.165, 1.54) is 18.5 Å². The molecular weight excluding hydrogens is 240 g/mol. The molecule has 2 rings (SSSR count). The van der Waals surface area contributed by atoms with Gasteiger partial charge in [0.15, 0.2) is 0 Å². The van der Waals surface area contributed by atoms with Crippen molar-refractivity contribution in [3.8, 4) is 0 Å². The zero-order chi connectivity index (χ0) is 13.7. The first-order valence-corrected chi connectivity index (χ1v) is 6.84. The Morgan fingerprint density at radius 2 is 1.79 bits per heavy atom. The van der Waals surface area contributed by atoms with Gasteiger partial charge in [0.2, 0.25) is 0 Å². The van der Waals surface area contributed by atoms with E-state index in [2.05, 4.69) is 16.8 Å². The van der Waals surface area contributed by atoms with Crippen LogP contribution in [0.4, 0.5) is 0 Å². The van der Waals surface area contributed by atoms with Gasteiger partial charge < -0.3 is 10.0 Å². The Labute approximate surface area is 114 Å². The van der Waals surface area contributed by atoms with Gasteiger partial charge in [0.25, 0.3) is 0 Å². The Hall–Kier alpha value is -1.39.